The van der Waals surface area contributed by atoms with E-state index >= 15 is 0 Å². The molecule has 0 bridgehead atoms. The van der Waals surface area contributed by atoms with Crippen molar-refractivity contribution in [1.29, 1.82) is 0 Å². The minimum Gasteiger partial charge on any atom is -0.438 e. The SMILES string of the molecule is Cc1cc(C(=O)NC2CCC(NC(=O)c3cc(F)cnc3Oc3cccc(-c4ccc(CN5CCSCC5)cc4CN4CCOCC4)c3)CC2)nn1C. The zero-order chi connectivity index (χ0) is 36.7. The van der Waals surface area contributed by atoms with Crippen molar-refractivity contribution >= 4 is 23.6 Å². The third kappa shape index (κ3) is 9.63. The fourth-order valence-electron chi connectivity index (χ4n) is 7.26. The second-order valence-corrected chi connectivity index (χ2v) is 15.4. The van der Waals surface area contributed by atoms with Crippen molar-refractivity contribution in [2.75, 3.05) is 50.9 Å². The minimum atomic E-state index is -0.622. The second kappa shape index (κ2) is 17.2. The zero-order valence-corrected chi connectivity index (χ0v) is 31.3. The van der Waals surface area contributed by atoms with Crippen LogP contribution in [0, 0.1) is 12.7 Å². The number of aromatic nitrogens is 3. The molecule has 280 valence electrons. The van der Waals surface area contributed by atoms with Crippen LogP contribution in [-0.2, 0) is 24.9 Å². The third-order valence-electron chi connectivity index (χ3n) is 10.3. The Balaban J connectivity index is 1.03. The first-order chi connectivity index (χ1) is 25.8. The van der Waals surface area contributed by atoms with E-state index in [1.165, 1.54) is 28.7 Å². The number of carbonyl (C=O) groups excluding carboxylic acids is 2. The zero-order valence-electron chi connectivity index (χ0n) is 30.5. The molecular weight excluding hydrogens is 694 g/mol. The lowest BCUT2D eigenvalue weighted by molar-refractivity contribution is 0.0342. The Hall–Kier alpha value is -4.30. The van der Waals surface area contributed by atoms with E-state index in [1.807, 2.05) is 36.9 Å². The summed E-state index contributed by atoms with van der Waals surface area (Å²) in [6.45, 7) is 9.11. The maximum atomic E-state index is 14.5. The Morgan fingerprint density at radius 2 is 1.62 bits per heavy atom. The van der Waals surface area contributed by atoms with Gasteiger partial charge in [0.05, 0.1) is 19.4 Å². The van der Waals surface area contributed by atoms with E-state index in [1.54, 1.807) is 17.8 Å². The number of morpholine rings is 1. The average Bonchev–Trinajstić information content (AvgIpc) is 3.51. The van der Waals surface area contributed by atoms with Gasteiger partial charge in [-0.25, -0.2) is 9.37 Å². The number of ether oxygens (including phenoxy) is 2. The van der Waals surface area contributed by atoms with E-state index in [0.29, 0.717) is 37.1 Å². The highest BCUT2D eigenvalue weighted by Gasteiger charge is 2.27. The first kappa shape index (κ1) is 37.0. The van der Waals surface area contributed by atoms with Crippen molar-refractivity contribution in [2.45, 2.75) is 57.8 Å². The van der Waals surface area contributed by atoms with Crippen molar-refractivity contribution in [3.8, 4) is 22.8 Å². The monoisotopic (exact) mass is 741 g/mol. The van der Waals surface area contributed by atoms with E-state index in [9.17, 15) is 14.0 Å². The molecule has 2 aromatic heterocycles. The van der Waals surface area contributed by atoms with Crippen LogP contribution in [0.25, 0.3) is 11.1 Å². The molecule has 0 spiro atoms. The summed E-state index contributed by atoms with van der Waals surface area (Å²) < 4.78 is 28.0. The van der Waals surface area contributed by atoms with Crippen molar-refractivity contribution in [3.63, 3.8) is 0 Å². The number of hydrogen-bond donors (Lipinski definition) is 2. The molecule has 7 rings (SSSR count). The molecule has 1 saturated carbocycles. The largest absolute Gasteiger partial charge is 0.438 e. The Bertz CT molecular complexity index is 1880. The highest BCUT2D eigenvalue weighted by molar-refractivity contribution is 7.99. The lowest BCUT2D eigenvalue weighted by Gasteiger charge is -2.29. The molecule has 11 nitrogen and oxygen atoms in total. The molecule has 2 amide bonds. The number of nitrogens with zero attached hydrogens (tertiary/aromatic N) is 5. The van der Waals surface area contributed by atoms with Crippen LogP contribution in [-0.4, -0.2) is 99.4 Å². The number of amides is 2. The van der Waals surface area contributed by atoms with Crippen molar-refractivity contribution in [3.05, 3.63) is 94.7 Å². The van der Waals surface area contributed by atoms with Gasteiger partial charge in [0.1, 0.15) is 22.8 Å². The third-order valence-corrected chi connectivity index (χ3v) is 11.3. The van der Waals surface area contributed by atoms with Gasteiger partial charge in [-0.2, -0.15) is 16.9 Å². The summed E-state index contributed by atoms with van der Waals surface area (Å²) >= 11 is 2.02. The highest BCUT2D eigenvalue weighted by atomic mass is 32.2. The molecule has 1 aliphatic carbocycles. The van der Waals surface area contributed by atoms with Gasteiger partial charge in [-0.15, -0.1) is 0 Å². The van der Waals surface area contributed by atoms with Crippen LogP contribution in [0.5, 0.6) is 11.6 Å². The van der Waals surface area contributed by atoms with E-state index < -0.39 is 11.7 Å². The number of nitrogens with one attached hydrogen (secondary N) is 2. The van der Waals surface area contributed by atoms with Crippen LogP contribution >= 0.6 is 11.8 Å². The number of halogens is 1. The van der Waals surface area contributed by atoms with Crippen LogP contribution in [0.4, 0.5) is 4.39 Å². The maximum absolute atomic E-state index is 14.5. The smallest absolute Gasteiger partial charge is 0.272 e. The number of thioether (sulfide) groups is 1. The Morgan fingerprint density at radius 1 is 0.906 bits per heavy atom. The molecule has 2 aromatic carbocycles. The van der Waals surface area contributed by atoms with Gasteiger partial charge >= 0.3 is 0 Å². The molecule has 0 unspecified atom stereocenters. The first-order valence-electron chi connectivity index (χ1n) is 18.6. The van der Waals surface area contributed by atoms with E-state index in [2.05, 4.69) is 54.8 Å². The summed E-state index contributed by atoms with van der Waals surface area (Å²) in [7, 11) is 1.81. The van der Waals surface area contributed by atoms with E-state index in [-0.39, 0.29) is 29.4 Å². The summed E-state index contributed by atoms with van der Waals surface area (Å²) in [4.78, 5) is 35.4. The molecule has 4 aromatic rings. The standard InChI is InChI=1S/C40H48FN7O4S/c1-27-20-37(45-46(27)2)39(50)44-33-9-7-32(8-10-33)43-38(49)36-23-31(41)24-42-40(36)52-34-5-3-4-29(22-34)35-11-6-28(25-48-14-18-53-19-15-48)21-30(35)26-47-12-16-51-17-13-47/h3-6,11,20-24,32-33H,7-10,12-19,25-26H2,1-2H3,(H,43,49)(H,44,50). The van der Waals surface area contributed by atoms with Gasteiger partial charge in [0.15, 0.2) is 0 Å². The summed E-state index contributed by atoms with van der Waals surface area (Å²) in [5, 5.41) is 10.4. The predicted octanol–water partition coefficient (Wildman–Crippen LogP) is 5.57. The van der Waals surface area contributed by atoms with E-state index in [4.69, 9.17) is 9.47 Å². The van der Waals surface area contributed by atoms with Gasteiger partial charge in [0, 0.05) is 75.6 Å². The molecular formula is C40H48FN7O4S. The Labute approximate surface area is 314 Å². The molecule has 3 aliphatic rings. The van der Waals surface area contributed by atoms with Gasteiger partial charge in [-0.3, -0.25) is 24.1 Å². The molecule has 2 saturated heterocycles. The van der Waals surface area contributed by atoms with Gasteiger partial charge in [0.25, 0.3) is 11.8 Å². The van der Waals surface area contributed by atoms with Crippen LogP contribution in [0.3, 0.4) is 0 Å². The summed E-state index contributed by atoms with van der Waals surface area (Å²) in [5.74, 6) is 1.62. The van der Waals surface area contributed by atoms with Gasteiger partial charge < -0.3 is 20.1 Å². The van der Waals surface area contributed by atoms with Gasteiger partial charge in [-0.1, -0.05) is 30.3 Å². The highest BCUT2D eigenvalue weighted by Crippen LogP contribution is 2.32. The van der Waals surface area contributed by atoms with Gasteiger partial charge in [0.2, 0.25) is 5.88 Å². The Kier molecular flexibility index (Phi) is 12.0. The number of rotatable bonds is 11. The maximum Gasteiger partial charge on any atom is 0.272 e. The summed E-state index contributed by atoms with van der Waals surface area (Å²) in [5.41, 5.74) is 5.99. The topological polar surface area (TPSA) is 114 Å². The molecule has 2 aliphatic heterocycles. The quantitative estimate of drug-likeness (QED) is 0.204. The van der Waals surface area contributed by atoms with Crippen molar-refractivity contribution < 1.29 is 23.5 Å². The number of hydrogen-bond acceptors (Lipinski definition) is 9. The van der Waals surface area contributed by atoms with Crippen LogP contribution in [0.1, 0.15) is 63.4 Å². The van der Waals surface area contributed by atoms with Gasteiger partial charge in [-0.05, 0) is 79.1 Å². The van der Waals surface area contributed by atoms with Crippen molar-refractivity contribution in [1.82, 2.24) is 35.2 Å². The number of pyridine rings is 1. The molecule has 13 heteroatoms. The molecule has 4 heterocycles. The summed E-state index contributed by atoms with van der Waals surface area (Å²) in [6, 6.07) is 17.3. The summed E-state index contributed by atoms with van der Waals surface area (Å²) in [6.07, 6.45) is 3.80. The number of carbonyl (C=O) groups is 2. The molecule has 2 N–H and O–H groups in total. The number of aryl methyl sites for hydroxylation is 2. The second-order valence-electron chi connectivity index (χ2n) is 14.2. The predicted molar refractivity (Wildman–Crippen MR) is 204 cm³/mol. The van der Waals surface area contributed by atoms with Crippen LogP contribution in [0.15, 0.2) is 60.8 Å². The normalized spacial score (nSPS) is 19.8. The van der Waals surface area contributed by atoms with Crippen LogP contribution < -0.4 is 15.4 Å². The fraction of sp³-hybridized carbons (Fsp3) is 0.450. The lowest BCUT2D eigenvalue weighted by atomic mass is 9.91. The van der Waals surface area contributed by atoms with Crippen molar-refractivity contribution in [2.24, 2.45) is 7.05 Å². The molecule has 3 fully saturated rings. The number of benzene rings is 2. The molecule has 0 atom stereocenters. The lowest BCUT2D eigenvalue weighted by Crippen LogP contribution is -2.44. The molecule has 0 radical (unpaired) electrons. The minimum absolute atomic E-state index is 0.0144. The Morgan fingerprint density at radius 3 is 2.34 bits per heavy atom. The van der Waals surface area contributed by atoms with Crippen LogP contribution in [0.2, 0.25) is 0 Å². The fourth-order valence-corrected chi connectivity index (χ4v) is 8.24. The molecule has 53 heavy (non-hydrogen) atoms. The first-order valence-corrected chi connectivity index (χ1v) is 19.7. The van der Waals surface area contributed by atoms with E-state index in [0.717, 1.165) is 75.5 Å². The average molecular weight is 742 g/mol.